The number of carbonyl (C=O) groups excluding carboxylic acids is 1. The lowest BCUT2D eigenvalue weighted by molar-refractivity contribution is 0.103. The molecule has 0 N–H and O–H groups in total. The molecule has 1 aliphatic carbocycles. The first-order valence-corrected chi connectivity index (χ1v) is 9.38. The summed E-state index contributed by atoms with van der Waals surface area (Å²) in [6.45, 7) is 5.49. The van der Waals surface area contributed by atoms with Gasteiger partial charge in [0.25, 0.3) is 0 Å². The van der Waals surface area contributed by atoms with E-state index in [1.807, 2.05) is 35.9 Å². The van der Waals surface area contributed by atoms with Gasteiger partial charge in [-0.15, -0.1) is 0 Å². The first kappa shape index (κ1) is 16.8. The summed E-state index contributed by atoms with van der Waals surface area (Å²) in [4.78, 5) is 18.2. The van der Waals surface area contributed by atoms with E-state index in [9.17, 15) is 4.79 Å². The molecule has 3 aromatic rings. The van der Waals surface area contributed by atoms with Crippen LogP contribution in [0.4, 0.5) is 0 Å². The Bertz CT molecular complexity index is 975. The second-order valence-corrected chi connectivity index (χ2v) is 6.65. The summed E-state index contributed by atoms with van der Waals surface area (Å²) in [5.74, 6) is 0.665. The molecule has 0 saturated heterocycles. The minimum atomic E-state index is 0.0123. The fourth-order valence-corrected chi connectivity index (χ4v) is 3.57. The Labute approximate surface area is 153 Å². The second-order valence-electron chi connectivity index (χ2n) is 6.65. The van der Waals surface area contributed by atoms with Gasteiger partial charge in [-0.05, 0) is 31.7 Å². The highest BCUT2D eigenvalue weighted by Crippen LogP contribution is 2.36. The Balaban J connectivity index is 1.94. The Morgan fingerprint density at radius 1 is 1.19 bits per heavy atom. The number of ketones is 1. The zero-order valence-electron chi connectivity index (χ0n) is 15.3. The van der Waals surface area contributed by atoms with Crippen LogP contribution in [0.25, 0.3) is 11.0 Å². The van der Waals surface area contributed by atoms with E-state index in [1.54, 1.807) is 6.20 Å². The lowest BCUT2D eigenvalue weighted by atomic mass is 9.99. The molecule has 1 aromatic carbocycles. The van der Waals surface area contributed by atoms with E-state index in [1.165, 1.54) is 0 Å². The van der Waals surface area contributed by atoms with Gasteiger partial charge < -0.3 is 4.74 Å². The van der Waals surface area contributed by atoms with Crippen molar-refractivity contribution in [1.29, 1.82) is 0 Å². The Hall–Kier alpha value is -2.69. The smallest absolute Gasteiger partial charge is 0.198 e. The van der Waals surface area contributed by atoms with Crippen molar-refractivity contribution in [2.45, 2.75) is 46.1 Å². The molecule has 0 spiro atoms. The second kappa shape index (κ2) is 6.90. The number of hydrogen-bond donors (Lipinski definition) is 0. The number of unbranched alkanes of at least 4 members (excludes halogenated alkanes) is 1. The maximum absolute atomic E-state index is 13.4. The van der Waals surface area contributed by atoms with Crippen molar-refractivity contribution in [3.63, 3.8) is 0 Å². The number of benzene rings is 1. The largest absolute Gasteiger partial charge is 0.492 e. The first-order chi connectivity index (χ1) is 12.7. The highest BCUT2D eigenvalue weighted by atomic mass is 16.5. The summed E-state index contributed by atoms with van der Waals surface area (Å²) in [6.07, 6.45) is 5.30. The fraction of sp³-hybridized carbons (Fsp3) is 0.381. The average molecular weight is 349 g/mol. The van der Waals surface area contributed by atoms with Crippen molar-refractivity contribution in [3.8, 4) is 5.75 Å². The summed E-state index contributed by atoms with van der Waals surface area (Å²) in [7, 11) is 0. The maximum Gasteiger partial charge on any atom is 0.198 e. The van der Waals surface area contributed by atoms with Crippen molar-refractivity contribution < 1.29 is 9.53 Å². The van der Waals surface area contributed by atoms with E-state index >= 15 is 0 Å². The van der Waals surface area contributed by atoms with Crippen molar-refractivity contribution in [1.82, 2.24) is 14.8 Å². The third-order valence-corrected chi connectivity index (χ3v) is 4.98. The van der Waals surface area contributed by atoms with Crippen LogP contribution in [-0.4, -0.2) is 27.2 Å². The molecule has 0 aliphatic heterocycles. The van der Waals surface area contributed by atoms with Crippen molar-refractivity contribution in [2.24, 2.45) is 0 Å². The van der Waals surface area contributed by atoms with Gasteiger partial charge in [-0.3, -0.25) is 4.79 Å². The maximum atomic E-state index is 13.4. The summed E-state index contributed by atoms with van der Waals surface area (Å²) in [5, 5.41) is 5.26. The van der Waals surface area contributed by atoms with Gasteiger partial charge >= 0.3 is 0 Å². The molecular formula is C21H23N3O2. The highest BCUT2D eigenvalue weighted by Gasteiger charge is 2.28. The molecule has 0 atom stereocenters. The molecule has 4 rings (SSSR count). The number of nitrogens with zero attached hydrogens (tertiary/aromatic N) is 3. The van der Waals surface area contributed by atoms with E-state index in [0.29, 0.717) is 17.9 Å². The van der Waals surface area contributed by atoms with Crippen LogP contribution in [0, 0.1) is 0 Å². The van der Waals surface area contributed by atoms with Crippen LogP contribution in [0.15, 0.2) is 30.5 Å². The van der Waals surface area contributed by atoms with Gasteiger partial charge in [0.2, 0.25) is 0 Å². The Morgan fingerprint density at radius 2 is 2.04 bits per heavy atom. The predicted octanol–water partition coefficient (Wildman–Crippen LogP) is 3.96. The molecule has 26 heavy (non-hydrogen) atoms. The van der Waals surface area contributed by atoms with Crippen LogP contribution in [0.2, 0.25) is 0 Å². The fourth-order valence-electron chi connectivity index (χ4n) is 3.57. The number of aromatic nitrogens is 3. The molecule has 1 aliphatic rings. The third kappa shape index (κ3) is 2.68. The van der Waals surface area contributed by atoms with Crippen molar-refractivity contribution in [3.05, 3.63) is 52.8 Å². The topological polar surface area (TPSA) is 57.0 Å². The lowest BCUT2D eigenvalue weighted by Crippen LogP contribution is -2.11. The van der Waals surface area contributed by atoms with Crippen LogP contribution in [-0.2, 0) is 19.4 Å². The molecule has 0 unspecified atom stereocenters. The minimum absolute atomic E-state index is 0.0123. The standard InChI is InChI=1S/C21H23N3O2/c1-3-5-12-26-20-16-13-22-24(4-2)21(16)23-17-11-10-14-8-6-7-9-15(14)19(25)18(17)20/h6-9,13H,3-5,10-12H2,1-2H3. The molecule has 2 aromatic heterocycles. The molecule has 5 nitrogen and oxygen atoms in total. The Kier molecular flexibility index (Phi) is 4.45. The van der Waals surface area contributed by atoms with Gasteiger partial charge in [0.05, 0.1) is 29.4 Å². The monoisotopic (exact) mass is 349 g/mol. The van der Waals surface area contributed by atoms with Crippen LogP contribution in [0.5, 0.6) is 5.75 Å². The summed E-state index contributed by atoms with van der Waals surface area (Å²) < 4.78 is 8.01. The van der Waals surface area contributed by atoms with E-state index in [-0.39, 0.29) is 5.78 Å². The SMILES string of the molecule is CCCCOc1c2c(nc3c1cnn3CC)CCc1ccccc1C2=O. The van der Waals surface area contributed by atoms with Gasteiger partial charge in [0, 0.05) is 12.1 Å². The van der Waals surface area contributed by atoms with E-state index in [4.69, 9.17) is 9.72 Å². The quantitative estimate of drug-likeness (QED) is 0.654. The van der Waals surface area contributed by atoms with Gasteiger partial charge in [0.15, 0.2) is 11.4 Å². The van der Waals surface area contributed by atoms with Crippen LogP contribution < -0.4 is 4.74 Å². The summed E-state index contributed by atoms with van der Waals surface area (Å²) >= 11 is 0. The van der Waals surface area contributed by atoms with Crippen LogP contribution >= 0.6 is 0 Å². The molecule has 0 amide bonds. The molecule has 134 valence electrons. The number of rotatable bonds is 5. The molecule has 0 saturated carbocycles. The molecule has 0 fully saturated rings. The molecular weight excluding hydrogens is 326 g/mol. The first-order valence-electron chi connectivity index (χ1n) is 9.38. The number of fused-ring (bicyclic) bond motifs is 3. The number of carbonyl (C=O) groups is 1. The zero-order valence-corrected chi connectivity index (χ0v) is 15.3. The molecule has 5 heteroatoms. The highest BCUT2D eigenvalue weighted by molar-refractivity contribution is 6.15. The number of aryl methyl sites for hydroxylation is 3. The normalized spacial score (nSPS) is 13.4. The number of pyridine rings is 1. The average Bonchev–Trinajstić information content (AvgIpc) is 3.02. The van der Waals surface area contributed by atoms with Crippen molar-refractivity contribution >= 4 is 16.8 Å². The van der Waals surface area contributed by atoms with E-state index in [0.717, 1.165) is 60.1 Å². The molecule has 0 radical (unpaired) electrons. The van der Waals surface area contributed by atoms with Crippen LogP contribution in [0.1, 0.15) is 53.9 Å². The Morgan fingerprint density at radius 3 is 2.85 bits per heavy atom. The summed E-state index contributed by atoms with van der Waals surface area (Å²) in [5.41, 5.74) is 4.08. The van der Waals surface area contributed by atoms with Gasteiger partial charge in [-0.2, -0.15) is 5.10 Å². The van der Waals surface area contributed by atoms with Gasteiger partial charge in [-0.1, -0.05) is 37.6 Å². The van der Waals surface area contributed by atoms with E-state index in [2.05, 4.69) is 12.0 Å². The lowest BCUT2D eigenvalue weighted by Gasteiger charge is -2.14. The van der Waals surface area contributed by atoms with Gasteiger partial charge in [0.1, 0.15) is 5.75 Å². The van der Waals surface area contributed by atoms with Crippen LogP contribution in [0.3, 0.4) is 0 Å². The number of ether oxygens (including phenoxy) is 1. The molecule has 2 heterocycles. The third-order valence-electron chi connectivity index (χ3n) is 4.98. The van der Waals surface area contributed by atoms with Crippen molar-refractivity contribution in [2.75, 3.05) is 6.61 Å². The summed E-state index contributed by atoms with van der Waals surface area (Å²) in [6, 6.07) is 7.84. The van der Waals surface area contributed by atoms with E-state index < -0.39 is 0 Å². The van der Waals surface area contributed by atoms with Gasteiger partial charge in [-0.25, -0.2) is 9.67 Å². The zero-order chi connectivity index (χ0) is 18.1. The predicted molar refractivity (Wildman–Crippen MR) is 101 cm³/mol. The molecule has 0 bridgehead atoms. The number of hydrogen-bond acceptors (Lipinski definition) is 4. The minimum Gasteiger partial charge on any atom is -0.492 e.